The van der Waals surface area contributed by atoms with Crippen molar-refractivity contribution >= 4 is 33.4 Å². The molecular weight excluding hydrogens is 1010 g/mol. The number of hydrogen-bond donors (Lipinski definition) is 1. The minimum Gasteiger partial charge on any atom is -0.478 e. The number of anilines is 1. The molecule has 1 aromatic carbocycles. The number of ether oxygens (including phenoxy) is 7. The highest BCUT2D eigenvalue weighted by Gasteiger charge is 2.41. The maximum Gasteiger partial charge on any atom is 0.434 e. The minimum atomic E-state index is -4.95. The highest BCUT2D eigenvalue weighted by Crippen LogP contribution is 2.36. The second-order valence-corrected chi connectivity index (χ2v) is 18.6. The molecule has 1 N–H and O–H groups in total. The Morgan fingerprint density at radius 3 is 2.19 bits per heavy atom. The van der Waals surface area contributed by atoms with Gasteiger partial charge in [-0.2, -0.15) is 17.5 Å². The number of unbranched alkanes of at least 4 members (excludes halogenated alkanes) is 1. The van der Waals surface area contributed by atoms with Crippen LogP contribution in [0.1, 0.15) is 75.1 Å². The molecule has 3 aromatic heterocycles. The fourth-order valence-corrected chi connectivity index (χ4v) is 9.50. The Morgan fingerprint density at radius 1 is 0.827 bits per heavy atom. The molecule has 1 aliphatic heterocycles. The standard InChI is InChI=1S/C50H67F3N8O13S/c1-5-9-27-74-49(63)55-22-28-69-30-32-71-34-33-70-31-29-68-26-13-23-59(75(66,67)44-16-11-10-15-43(44)61(64)65)36-41-42(19-18-40(56-41)38-14-12-21-54-47(38)73-8-4)60-25-24-58(35-37(60)6-2)48(62)39-17-20-45(72-7-3)57-46(39)50(51,52)53/h10-12,14-21,37H,5-9,13,22-36H2,1-4H3,(H,55,63)/t37-/m1/s1. The van der Waals surface area contributed by atoms with Crippen LogP contribution in [0.2, 0.25) is 0 Å². The lowest BCUT2D eigenvalue weighted by Crippen LogP contribution is -2.55. The number of alkyl halides is 3. The van der Waals surface area contributed by atoms with E-state index in [0.29, 0.717) is 62.9 Å². The van der Waals surface area contributed by atoms with Gasteiger partial charge < -0.3 is 48.3 Å². The third kappa shape index (κ3) is 17.7. The number of carbonyl (C=O) groups excluding carboxylic acids is 2. The molecule has 75 heavy (non-hydrogen) atoms. The lowest BCUT2D eigenvalue weighted by atomic mass is 10.0. The Hall–Kier alpha value is -6.25. The molecule has 0 radical (unpaired) electrons. The first kappa shape index (κ1) is 59.6. The SMILES string of the molecule is CCCCOC(=O)NCCOCCOCCOCCOCCCN(Cc1nc(-c2cccnc2OCC)ccc1N1CCN(C(=O)c2ccc(OCC)nc2C(F)(F)F)C[C@H]1CC)S(=O)(=O)c1ccccc1[N+](=O)[O-]. The molecule has 412 valence electrons. The summed E-state index contributed by atoms with van der Waals surface area (Å²) in [5, 5.41) is 14.8. The van der Waals surface area contributed by atoms with Gasteiger partial charge in [-0.25, -0.2) is 28.2 Å². The van der Waals surface area contributed by atoms with Crippen molar-refractivity contribution in [1.82, 2.24) is 29.5 Å². The Morgan fingerprint density at radius 2 is 1.52 bits per heavy atom. The first-order chi connectivity index (χ1) is 36.1. The van der Waals surface area contributed by atoms with E-state index < -0.39 is 61.0 Å². The molecule has 1 saturated heterocycles. The average Bonchev–Trinajstić information content (AvgIpc) is 3.40. The largest absolute Gasteiger partial charge is 0.478 e. The van der Waals surface area contributed by atoms with Crippen LogP contribution >= 0.6 is 0 Å². The molecule has 2 amide bonds. The summed E-state index contributed by atoms with van der Waals surface area (Å²) in [6.45, 7) is 9.86. The third-order valence-corrected chi connectivity index (χ3v) is 13.4. The molecule has 0 bridgehead atoms. The van der Waals surface area contributed by atoms with Crippen LogP contribution in [0.15, 0.2) is 71.8 Å². The smallest absolute Gasteiger partial charge is 0.434 e. The number of carbonyl (C=O) groups is 2. The van der Waals surface area contributed by atoms with Crippen molar-refractivity contribution in [3.8, 4) is 23.0 Å². The summed E-state index contributed by atoms with van der Waals surface area (Å²) in [7, 11) is -4.62. The van der Waals surface area contributed by atoms with Gasteiger partial charge in [-0.15, -0.1) is 0 Å². The molecule has 0 aliphatic carbocycles. The third-order valence-electron chi connectivity index (χ3n) is 11.6. The number of pyridine rings is 3. The molecule has 4 aromatic rings. The van der Waals surface area contributed by atoms with Crippen LogP contribution in [0.5, 0.6) is 11.8 Å². The van der Waals surface area contributed by atoms with E-state index in [4.69, 9.17) is 38.1 Å². The number of piperazine rings is 1. The fourth-order valence-electron chi connectivity index (χ4n) is 7.90. The highest BCUT2D eigenvalue weighted by atomic mass is 32.2. The number of nitro benzene ring substituents is 1. The molecule has 0 spiro atoms. The summed E-state index contributed by atoms with van der Waals surface area (Å²) in [6, 6.07) is 13.8. The predicted molar refractivity (Wildman–Crippen MR) is 269 cm³/mol. The van der Waals surface area contributed by atoms with Crippen molar-refractivity contribution in [3.05, 3.63) is 93.9 Å². The zero-order chi connectivity index (χ0) is 54.2. The van der Waals surface area contributed by atoms with E-state index in [1.54, 1.807) is 44.3 Å². The highest BCUT2D eigenvalue weighted by molar-refractivity contribution is 7.89. The van der Waals surface area contributed by atoms with Crippen LogP contribution in [0.25, 0.3) is 11.3 Å². The number of alkyl carbamates (subject to hydrolysis) is 1. The number of amides is 2. The number of aromatic nitrogens is 3. The van der Waals surface area contributed by atoms with Crippen molar-refractivity contribution in [2.45, 2.75) is 77.0 Å². The van der Waals surface area contributed by atoms with Crippen LogP contribution < -0.4 is 19.7 Å². The number of benzene rings is 1. The number of nitro groups is 1. The Labute approximate surface area is 435 Å². The lowest BCUT2D eigenvalue weighted by molar-refractivity contribution is -0.387. The minimum absolute atomic E-state index is 0.00149. The van der Waals surface area contributed by atoms with Gasteiger partial charge in [0.2, 0.25) is 21.8 Å². The molecule has 0 saturated carbocycles. The van der Waals surface area contributed by atoms with Crippen LogP contribution in [0, 0.1) is 10.1 Å². The molecule has 1 aliphatic rings. The van der Waals surface area contributed by atoms with Crippen molar-refractivity contribution in [3.63, 3.8) is 0 Å². The molecule has 4 heterocycles. The fraction of sp³-hybridized carbons (Fsp3) is 0.540. The van der Waals surface area contributed by atoms with Gasteiger partial charge >= 0.3 is 12.3 Å². The Balaban J connectivity index is 1.31. The first-order valence-corrected chi connectivity index (χ1v) is 26.4. The van der Waals surface area contributed by atoms with Gasteiger partial charge in [-0.1, -0.05) is 32.4 Å². The van der Waals surface area contributed by atoms with E-state index >= 15 is 0 Å². The van der Waals surface area contributed by atoms with E-state index in [1.807, 2.05) is 18.7 Å². The normalized spacial score (nSPS) is 14.0. The number of rotatable bonds is 32. The molecule has 5 rings (SSSR count). The van der Waals surface area contributed by atoms with Gasteiger partial charge in [-0.3, -0.25) is 14.9 Å². The van der Waals surface area contributed by atoms with Gasteiger partial charge in [0.1, 0.15) is 0 Å². The van der Waals surface area contributed by atoms with Crippen LogP contribution in [-0.2, 0) is 46.4 Å². The average molecular weight is 1080 g/mol. The Bertz CT molecular complexity index is 2560. The second-order valence-electron chi connectivity index (χ2n) is 16.7. The van der Waals surface area contributed by atoms with E-state index in [1.165, 1.54) is 29.2 Å². The monoisotopic (exact) mass is 1080 g/mol. The van der Waals surface area contributed by atoms with Crippen molar-refractivity contribution in [1.29, 1.82) is 0 Å². The molecular formula is C50H67F3N8O13S. The van der Waals surface area contributed by atoms with Crippen molar-refractivity contribution in [2.24, 2.45) is 0 Å². The van der Waals surface area contributed by atoms with Gasteiger partial charge in [-0.05, 0) is 69.5 Å². The van der Waals surface area contributed by atoms with Gasteiger partial charge in [0.15, 0.2) is 10.6 Å². The molecule has 1 fully saturated rings. The topological polar surface area (TPSA) is 236 Å². The molecule has 25 heteroatoms. The summed E-state index contributed by atoms with van der Waals surface area (Å²) in [5.41, 5.74) is -1.00. The summed E-state index contributed by atoms with van der Waals surface area (Å²) in [5.74, 6) is -0.852. The van der Waals surface area contributed by atoms with Gasteiger partial charge in [0.05, 0.1) is 106 Å². The predicted octanol–water partition coefficient (Wildman–Crippen LogP) is 7.18. The number of nitrogens with zero attached hydrogens (tertiary/aromatic N) is 7. The zero-order valence-corrected chi connectivity index (χ0v) is 43.6. The van der Waals surface area contributed by atoms with Crippen molar-refractivity contribution < 1.29 is 69.3 Å². The van der Waals surface area contributed by atoms with Gasteiger partial charge in [0.25, 0.3) is 11.6 Å². The number of hydrogen-bond acceptors (Lipinski definition) is 17. The van der Waals surface area contributed by atoms with Gasteiger partial charge in [0, 0.05) is 63.7 Å². The van der Waals surface area contributed by atoms with E-state index in [-0.39, 0.29) is 96.2 Å². The summed E-state index contributed by atoms with van der Waals surface area (Å²) >= 11 is 0. The number of halogens is 3. The van der Waals surface area contributed by atoms with E-state index in [0.717, 1.165) is 29.3 Å². The van der Waals surface area contributed by atoms with E-state index in [9.17, 15) is 41.3 Å². The van der Waals surface area contributed by atoms with Crippen molar-refractivity contribution in [2.75, 3.05) is 110 Å². The zero-order valence-electron chi connectivity index (χ0n) is 42.8. The number of nitrogens with one attached hydrogen (secondary N) is 1. The van der Waals surface area contributed by atoms with Crippen LogP contribution in [0.4, 0.5) is 29.3 Å². The van der Waals surface area contributed by atoms with Crippen LogP contribution in [0.3, 0.4) is 0 Å². The summed E-state index contributed by atoms with van der Waals surface area (Å²) < 4.78 is 112. The summed E-state index contributed by atoms with van der Waals surface area (Å²) in [4.78, 5) is 52.7. The van der Waals surface area contributed by atoms with E-state index in [2.05, 4.69) is 15.3 Å². The molecule has 0 unspecified atom stereocenters. The number of para-hydroxylation sites is 1. The molecule has 1 atom stereocenters. The number of sulfonamides is 1. The Kier molecular flexibility index (Phi) is 24.1. The quantitative estimate of drug-likeness (QED) is 0.0290. The maximum atomic E-state index is 14.7. The molecule has 21 nitrogen and oxygen atoms in total. The second kappa shape index (κ2) is 30.3. The first-order valence-electron chi connectivity index (χ1n) is 24.9. The maximum absolute atomic E-state index is 14.7. The lowest BCUT2D eigenvalue weighted by Gasteiger charge is -2.43. The van der Waals surface area contributed by atoms with Crippen LogP contribution in [-0.4, -0.2) is 161 Å². The summed E-state index contributed by atoms with van der Waals surface area (Å²) in [6.07, 6.45) is -1.57.